The number of benzene rings is 1. The van der Waals surface area contributed by atoms with E-state index in [2.05, 4.69) is 9.98 Å². The van der Waals surface area contributed by atoms with Crippen molar-refractivity contribution in [2.75, 3.05) is 4.90 Å². The topological polar surface area (TPSA) is 71.6 Å². The summed E-state index contributed by atoms with van der Waals surface area (Å²) < 4.78 is 0. The lowest BCUT2D eigenvalue weighted by Crippen LogP contribution is -2.24. The molecule has 1 aliphatic rings. The number of nitrogens with zero attached hydrogens (tertiary/aromatic N) is 3. The number of hydrogen-bond donors (Lipinski definition) is 1. The summed E-state index contributed by atoms with van der Waals surface area (Å²) in [4.78, 5) is 22.7. The van der Waals surface area contributed by atoms with Gasteiger partial charge in [0.1, 0.15) is 11.7 Å². The van der Waals surface area contributed by atoms with Crippen molar-refractivity contribution in [1.82, 2.24) is 4.98 Å². The van der Waals surface area contributed by atoms with Crippen molar-refractivity contribution in [1.29, 1.82) is 0 Å². The van der Waals surface area contributed by atoms with Gasteiger partial charge in [0.05, 0.1) is 6.54 Å². The molecule has 2 heterocycles. The molecule has 2 aromatic rings. The number of halogens is 1. The molecule has 3 rings (SSSR count). The average Bonchev–Trinajstić information content (AvgIpc) is 2.84. The maximum absolute atomic E-state index is 12.4. The number of pyridine rings is 1. The predicted octanol–water partition coefficient (Wildman–Crippen LogP) is 2.78. The molecule has 1 aromatic heterocycles. The minimum absolute atomic E-state index is 0. The fourth-order valence-electron chi connectivity index (χ4n) is 2.49. The van der Waals surface area contributed by atoms with Gasteiger partial charge in [-0.2, -0.15) is 0 Å². The van der Waals surface area contributed by atoms with Crippen LogP contribution in [0.1, 0.15) is 35.3 Å². The van der Waals surface area contributed by atoms with Gasteiger partial charge < -0.3 is 5.73 Å². The zero-order valence-corrected chi connectivity index (χ0v) is 13.9. The molecule has 1 amide bonds. The van der Waals surface area contributed by atoms with E-state index < -0.39 is 0 Å². The van der Waals surface area contributed by atoms with E-state index in [-0.39, 0.29) is 24.4 Å². The molecule has 0 spiro atoms. The molecule has 0 unspecified atom stereocenters. The highest BCUT2D eigenvalue weighted by molar-refractivity contribution is 6.09. The van der Waals surface area contributed by atoms with Gasteiger partial charge in [-0.25, -0.2) is 4.98 Å². The van der Waals surface area contributed by atoms with Crippen LogP contribution in [0.3, 0.4) is 0 Å². The first-order valence-electron chi connectivity index (χ1n) is 7.25. The van der Waals surface area contributed by atoms with E-state index in [9.17, 15) is 4.79 Å². The number of carbonyl (C=O) groups is 1. The van der Waals surface area contributed by atoms with E-state index in [4.69, 9.17) is 5.73 Å². The van der Waals surface area contributed by atoms with Gasteiger partial charge in [-0.3, -0.25) is 14.7 Å². The molecule has 0 atom stereocenters. The minimum Gasteiger partial charge on any atom is -0.383 e. The Hall–Kier alpha value is -2.40. The zero-order chi connectivity index (χ0) is 15.7. The minimum atomic E-state index is -0.0142. The van der Waals surface area contributed by atoms with Crippen LogP contribution in [0.15, 0.2) is 47.6 Å². The highest BCUT2D eigenvalue weighted by Crippen LogP contribution is 2.26. The Balaban J connectivity index is 0.00000192. The molecule has 23 heavy (non-hydrogen) atoms. The zero-order valence-electron chi connectivity index (χ0n) is 13.1. The Bertz CT molecular complexity index is 741. The quantitative estimate of drug-likeness (QED) is 0.694. The second-order valence-electron chi connectivity index (χ2n) is 5.56. The molecule has 0 aliphatic carbocycles. The van der Waals surface area contributed by atoms with Crippen LogP contribution >= 0.6 is 12.4 Å². The van der Waals surface area contributed by atoms with Crippen molar-refractivity contribution >= 4 is 30.0 Å². The van der Waals surface area contributed by atoms with Gasteiger partial charge in [0, 0.05) is 23.4 Å². The van der Waals surface area contributed by atoms with E-state index in [1.54, 1.807) is 11.1 Å². The lowest BCUT2D eigenvalue weighted by Gasteiger charge is -2.14. The normalized spacial score (nSPS) is 14.0. The fourth-order valence-corrected chi connectivity index (χ4v) is 2.49. The van der Waals surface area contributed by atoms with Crippen LogP contribution in [0.5, 0.6) is 0 Å². The predicted molar refractivity (Wildman–Crippen MR) is 94.3 cm³/mol. The number of hydrogen-bond acceptors (Lipinski definition) is 3. The fraction of sp³-hybridized carbons (Fsp3) is 0.235. The van der Waals surface area contributed by atoms with E-state index in [0.717, 1.165) is 16.7 Å². The number of amides is 1. The second kappa shape index (κ2) is 6.79. The van der Waals surface area contributed by atoms with Gasteiger partial charge in [-0.15, -0.1) is 12.4 Å². The molecular formula is C17H19ClN4O. The highest BCUT2D eigenvalue weighted by atomic mass is 35.5. The molecule has 2 N–H and O–H groups in total. The van der Waals surface area contributed by atoms with Crippen LogP contribution < -0.4 is 10.6 Å². The van der Waals surface area contributed by atoms with Gasteiger partial charge in [0.2, 0.25) is 0 Å². The summed E-state index contributed by atoms with van der Waals surface area (Å²) >= 11 is 0. The smallest absolute Gasteiger partial charge is 0.260 e. The number of anilines is 1. The molecule has 0 fully saturated rings. The summed E-state index contributed by atoms with van der Waals surface area (Å²) in [7, 11) is 0. The molecule has 6 heteroatoms. The largest absolute Gasteiger partial charge is 0.383 e. The Morgan fingerprint density at radius 1 is 1.26 bits per heavy atom. The Morgan fingerprint density at radius 3 is 2.61 bits per heavy atom. The van der Waals surface area contributed by atoms with Crippen LogP contribution in [0.4, 0.5) is 5.82 Å². The van der Waals surface area contributed by atoms with E-state index in [1.165, 1.54) is 0 Å². The average molecular weight is 331 g/mol. The first-order chi connectivity index (χ1) is 10.6. The number of fused-ring (bicyclic) bond motifs is 1. The lowest BCUT2D eigenvalue weighted by atomic mass is 10.1. The van der Waals surface area contributed by atoms with Crippen LogP contribution in [0.2, 0.25) is 0 Å². The maximum Gasteiger partial charge on any atom is 0.260 e. The Labute approximate surface area is 141 Å². The van der Waals surface area contributed by atoms with Crippen molar-refractivity contribution in [3.8, 4) is 0 Å². The van der Waals surface area contributed by atoms with Gasteiger partial charge in [-0.05, 0) is 37.6 Å². The third kappa shape index (κ3) is 3.35. The summed E-state index contributed by atoms with van der Waals surface area (Å²) in [5.74, 6) is 1.08. The molecule has 0 bridgehead atoms. The van der Waals surface area contributed by atoms with Crippen molar-refractivity contribution < 1.29 is 4.79 Å². The Morgan fingerprint density at radius 2 is 2.00 bits per heavy atom. The molecule has 0 radical (unpaired) electrons. The van der Waals surface area contributed by atoms with E-state index >= 15 is 0 Å². The number of aliphatic imine (C=N–C) groups is 1. The van der Waals surface area contributed by atoms with Gasteiger partial charge in [0.15, 0.2) is 0 Å². The summed E-state index contributed by atoms with van der Waals surface area (Å²) in [6.07, 6.45) is 1.66. The van der Waals surface area contributed by atoms with Crippen molar-refractivity contribution in [2.45, 2.75) is 26.4 Å². The number of rotatable bonds is 3. The molecule has 120 valence electrons. The summed E-state index contributed by atoms with van der Waals surface area (Å²) in [5, 5.41) is 0. The number of carbonyl (C=O) groups excluding carboxylic acids is 1. The first kappa shape index (κ1) is 17.0. The maximum atomic E-state index is 12.4. The van der Waals surface area contributed by atoms with Crippen molar-refractivity contribution in [3.63, 3.8) is 0 Å². The number of amidine groups is 1. The van der Waals surface area contributed by atoms with Gasteiger partial charge in [0.25, 0.3) is 5.91 Å². The molecule has 1 aliphatic heterocycles. The van der Waals surface area contributed by atoms with Crippen molar-refractivity contribution in [2.24, 2.45) is 10.7 Å². The van der Waals surface area contributed by atoms with Gasteiger partial charge >= 0.3 is 0 Å². The highest BCUT2D eigenvalue weighted by Gasteiger charge is 2.28. The molecular weight excluding hydrogens is 312 g/mol. The Kier molecular flexibility index (Phi) is 5.01. The summed E-state index contributed by atoms with van der Waals surface area (Å²) in [6.45, 7) is 4.49. The van der Waals surface area contributed by atoms with E-state index in [0.29, 0.717) is 18.2 Å². The van der Waals surface area contributed by atoms with Gasteiger partial charge in [-0.1, -0.05) is 18.2 Å². The summed E-state index contributed by atoms with van der Waals surface area (Å²) in [6, 6.07) is 11.4. The molecule has 0 saturated carbocycles. The number of aromatic nitrogens is 1. The molecule has 1 aromatic carbocycles. The lowest BCUT2D eigenvalue weighted by molar-refractivity contribution is 0.0996. The standard InChI is InChI=1S/C17H18N4O.ClH/c1-11(2)20-16(18)12-7-8-15(19-9-12)21-10-13-5-3-4-6-14(13)17(21)22;/h3-9,11H,10H2,1-2H3,(H2,18,20);1H. The van der Waals surface area contributed by atoms with E-state index in [1.807, 2.05) is 50.2 Å². The van der Waals surface area contributed by atoms with Crippen LogP contribution in [-0.2, 0) is 6.54 Å². The van der Waals surface area contributed by atoms with Crippen molar-refractivity contribution in [3.05, 3.63) is 59.3 Å². The third-order valence-corrected chi connectivity index (χ3v) is 3.54. The van der Waals surface area contributed by atoms with Crippen LogP contribution in [-0.4, -0.2) is 22.8 Å². The van der Waals surface area contributed by atoms with Crippen LogP contribution in [0, 0.1) is 0 Å². The summed E-state index contributed by atoms with van der Waals surface area (Å²) in [5.41, 5.74) is 8.46. The monoisotopic (exact) mass is 330 g/mol. The third-order valence-electron chi connectivity index (χ3n) is 3.54. The molecule has 5 nitrogen and oxygen atoms in total. The second-order valence-corrected chi connectivity index (χ2v) is 5.56. The SMILES string of the molecule is CC(C)N=C(N)c1ccc(N2Cc3ccccc3C2=O)nc1.Cl. The molecule has 0 saturated heterocycles. The first-order valence-corrected chi connectivity index (χ1v) is 7.25. The van der Waals surface area contributed by atoms with Crippen LogP contribution in [0.25, 0.3) is 0 Å². The number of nitrogens with two attached hydrogens (primary N) is 1.